The fraction of sp³-hybridized carbons (Fsp3) is 0.278. The summed E-state index contributed by atoms with van der Waals surface area (Å²) in [5.41, 5.74) is 3.02. The van der Waals surface area contributed by atoms with Crippen LogP contribution in [0.15, 0.2) is 48.9 Å². The van der Waals surface area contributed by atoms with Crippen molar-refractivity contribution in [2.75, 3.05) is 15.5 Å². The Morgan fingerprint density at radius 3 is 2.83 bits per heavy atom. The van der Waals surface area contributed by atoms with E-state index >= 15 is 0 Å². The van der Waals surface area contributed by atoms with Gasteiger partial charge < -0.3 is 15.5 Å². The molecule has 0 spiro atoms. The lowest BCUT2D eigenvalue weighted by atomic mass is 10.2. The van der Waals surface area contributed by atoms with Gasteiger partial charge in [-0.2, -0.15) is 0 Å². The van der Waals surface area contributed by atoms with Crippen molar-refractivity contribution in [3.05, 3.63) is 54.0 Å². The molecule has 2 aromatic rings. The first-order valence-electron chi connectivity index (χ1n) is 7.99. The zero-order chi connectivity index (χ0) is 15.8. The Bertz CT molecular complexity index is 752. The zero-order valence-corrected chi connectivity index (χ0v) is 13.6. The van der Waals surface area contributed by atoms with Crippen LogP contribution in [-0.4, -0.2) is 11.0 Å². The van der Waals surface area contributed by atoms with Crippen molar-refractivity contribution in [2.24, 2.45) is 0 Å². The summed E-state index contributed by atoms with van der Waals surface area (Å²) in [5.74, 6) is 1.74. The monoisotopic (exact) mass is 326 g/mol. The lowest BCUT2D eigenvalue weighted by Gasteiger charge is -2.26. The largest absolute Gasteiger partial charge is 0.339 e. The van der Waals surface area contributed by atoms with Gasteiger partial charge in [0.05, 0.1) is 28.3 Å². The van der Waals surface area contributed by atoms with Crippen LogP contribution in [0.2, 0.25) is 5.02 Å². The van der Waals surface area contributed by atoms with Crippen molar-refractivity contribution in [1.82, 2.24) is 4.98 Å². The molecule has 1 aliphatic heterocycles. The van der Waals surface area contributed by atoms with Crippen molar-refractivity contribution < 1.29 is 0 Å². The molecule has 0 atom stereocenters. The van der Waals surface area contributed by atoms with E-state index < -0.39 is 0 Å². The predicted molar refractivity (Wildman–Crippen MR) is 96.5 cm³/mol. The molecule has 1 aromatic heterocycles. The zero-order valence-electron chi connectivity index (χ0n) is 12.8. The van der Waals surface area contributed by atoms with E-state index in [0.29, 0.717) is 11.1 Å². The number of rotatable bonds is 3. The Morgan fingerprint density at radius 2 is 2.04 bits per heavy atom. The number of aromatic nitrogens is 1. The number of benzene rings is 1. The summed E-state index contributed by atoms with van der Waals surface area (Å²) in [6, 6.07) is 10.3. The number of nitrogens with zero attached hydrogens (tertiary/aromatic N) is 2. The molecule has 118 valence electrons. The molecule has 0 bridgehead atoms. The molecule has 4 nitrogen and oxygen atoms in total. The summed E-state index contributed by atoms with van der Waals surface area (Å²) < 4.78 is 0. The Balaban J connectivity index is 1.65. The molecule has 0 unspecified atom stereocenters. The lowest BCUT2D eigenvalue weighted by Crippen LogP contribution is -2.30. The number of para-hydroxylation sites is 1. The second kappa shape index (κ2) is 5.78. The first-order chi connectivity index (χ1) is 11.2. The van der Waals surface area contributed by atoms with E-state index in [4.69, 9.17) is 11.6 Å². The predicted octanol–water partition coefficient (Wildman–Crippen LogP) is 5.12. The summed E-state index contributed by atoms with van der Waals surface area (Å²) in [6.07, 6.45) is 6.87. The van der Waals surface area contributed by atoms with Crippen LogP contribution in [0.5, 0.6) is 0 Å². The molecule has 4 rings (SSSR count). The highest BCUT2D eigenvalue weighted by atomic mass is 35.5. The van der Waals surface area contributed by atoms with Crippen LogP contribution >= 0.6 is 11.6 Å². The number of nitrogens with one attached hydrogen (secondary N) is 2. The molecule has 1 saturated carbocycles. The number of halogens is 1. The normalized spacial score (nSPS) is 17.3. The van der Waals surface area contributed by atoms with Crippen LogP contribution < -0.4 is 15.5 Å². The number of anilines is 4. The maximum Gasteiger partial charge on any atom is 0.132 e. The van der Waals surface area contributed by atoms with Crippen molar-refractivity contribution >= 4 is 34.5 Å². The van der Waals surface area contributed by atoms with Gasteiger partial charge in [0.25, 0.3) is 0 Å². The molecule has 2 N–H and O–H groups in total. The quantitative estimate of drug-likeness (QED) is 0.820. The summed E-state index contributed by atoms with van der Waals surface area (Å²) in [4.78, 5) is 6.80. The smallest absolute Gasteiger partial charge is 0.132 e. The molecule has 0 amide bonds. The molecule has 1 aliphatic carbocycles. The van der Waals surface area contributed by atoms with Crippen molar-refractivity contribution in [3.8, 4) is 0 Å². The Hall–Kier alpha value is -2.20. The topological polar surface area (TPSA) is 40.2 Å². The third kappa shape index (κ3) is 2.63. The lowest BCUT2D eigenvalue weighted by molar-refractivity contribution is 0.665. The first-order valence-corrected chi connectivity index (χ1v) is 8.37. The summed E-state index contributed by atoms with van der Waals surface area (Å²) in [5, 5.41) is 7.33. The van der Waals surface area contributed by atoms with Crippen LogP contribution in [0.1, 0.15) is 25.7 Å². The van der Waals surface area contributed by atoms with E-state index in [9.17, 15) is 0 Å². The van der Waals surface area contributed by atoms with Crippen LogP contribution in [0.4, 0.5) is 22.9 Å². The van der Waals surface area contributed by atoms with Gasteiger partial charge in [0, 0.05) is 12.1 Å². The number of fused-ring (bicyclic) bond motifs is 1. The van der Waals surface area contributed by atoms with Crippen molar-refractivity contribution in [3.63, 3.8) is 0 Å². The summed E-state index contributed by atoms with van der Waals surface area (Å²) in [6.45, 7) is 4.17. The van der Waals surface area contributed by atoms with E-state index in [0.717, 1.165) is 28.7 Å². The fourth-order valence-corrected chi connectivity index (χ4v) is 3.63. The molecule has 1 aromatic carbocycles. The number of pyridine rings is 1. The van der Waals surface area contributed by atoms with Crippen molar-refractivity contribution in [1.29, 1.82) is 0 Å². The molecule has 23 heavy (non-hydrogen) atoms. The van der Waals surface area contributed by atoms with E-state index in [1.54, 1.807) is 0 Å². The van der Waals surface area contributed by atoms with Crippen LogP contribution in [-0.2, 0) is 0 Å². The van der Waals surface area contributed by atoms with E-state index in [1.165, 1.54) is 25.7 Å². The fourth-order valence-electron chi connectivity index (χ4n) is 3.45. The highest BCUT2D eigenvalue weighted by Crippen LogP contribution is 2.42. The number of hydrogen-bond donors (Lipinski definition) is 2. The van der Waals surface area contributed by atoms with Gasteiger partial charge in [0.1, 0.15) is 11.6 Å². The minimum atomic E-state index is 0.534. The molecule has 0 saturated heterocycles. The van der Waals surface area contributed by atoms with Gasteiger partial charge in [0.15, 0.2) is 0 Å². The molecule has 5 heteroatoms. The van der Waals surface area contributed by atoms with Gasteiger partial charge in [-0.05, 0) is 25.0 Å². The van der Waals surface area contributed by atoms with E-state index in [1.807, 2.05) is 30.5 Å². The minimum absolute atomic E-state index is 0.534. The molecular formula is C18H19ClN4. The highest BCUT2D eigenvalue weighted by Gasteiger charge is 2.31. The average Bonchev–Trinajstić information content (AvgIpc) is 3.16. The Labute approximate surface area is 141 Å². The van der Waals surface area contributed by atoms with Gasteiger partial charge >= 0.3 is 0 Å². The standard InChI is InChI=1S/C18H19ClN4/c1-12-21-16-11-20-18(22-15-9-5-4-8-14(15)19)10-17(16)23(12)13-6-2-3-7-13/h4-5,8-11,13,21H,1-3,6-7H2,(H,20,22). The van der Waals surface area contributed by atoms with E-state index in [-0.39, 0.29) is 0 Å². The van der Waals surface area contributed by atoms with Gasteiger partial charge in [-0.25, -0.2) is 4.98 Å². The molecule has 1 fully saturated rings. The van der Waals surface area contributed by atoms with Gasteiger partial charge in [-0.1, -0.05) is 43.2 Å². The third-order valence-electron chi connectivity index (χ3n) is 4.54. The Morgan fingerprint density at radius 1 is 1.26 bits per heavy atom. The molecule has 2 heterocycles. The summed E-state index contributed by atoms with van der Waals surface area (Å²) >= 11 is 6.22. The van der Waals surface area contributed by atoms with Crippen LogP contribution in [0.3, 0.4) is 0 Å². The number of hydrogen-bond acceptors (Lipinski definition) is 4. The second-order valence-electron chi connectivity index (χ2n) is 6.07. The van der Waals surface area contributed by atoms with Crippen molar-refractivity contribution in [2.45, 2.75) is 31.7 Å². The SMILES string of the molecule is C=C1Nc2cnc(Nc3ccccc3Cl)cc2N1C1CCCC1. The molecule has 2 aliphatic rings. The van der Waals surface area contributed by atoms with Gasteiger partial charge in [-0.15, -0.1) is 0 Å². The van der Waals surface area contributed by atoms with Crippen LogP contribution in [0.25, 0.3) is 0 Å². The van der Waals surface area contributed by atoms with Crippen LogP contribution in [0, 0.1) is 0 Å². The summed E-state index contributed by atoms with van der Waals surface area (Å²) in [7, 11) is 0. The molecular weight excluding hydrogens is 308 g/mol. The molecule has 0 radical (unpaired) electrons. The maximum absolute atomic E-state index is 6.22. The third-order valence-corrected chi connectivity index (χ3v) is 4.87. The minimum Gasteiger partial charge on any atom is -0.339 e. The maximum atomic E-state index is 6.22. The Kier molecular flexibility index (Phi) is 3.62. The average molecular weight is 327 g/mol. The first kappa shape index (κ1) is 14.4. The second-order valence-corrected chi connectivity index (χ2v) is 6.48. The van der Waals surface area contributed by atoms with E-state index in [2.05, 4.69) is 33.2 Å². The highest BCUT2D eigenvalue weighted by molar-refractivity contribution is 6.33. The van der Waals surface area contributed by atoms with Gasteiger partial charge in [-0.3, -0.25) is 0 Å². The van der Waals surface area contributed by atoms with Gasteiger partial charge in [0.2, 0.25) is 0 Å².